The van der Waals surface area contributed by atoms with Crippen LogP contribution >= 0.6 is 0 Å². The smallest absolute Gasteiger partial charge is 0.407 e. The van der Waals surface area contributed by atoms with E-state index in [0.29, 0.717) is 19.4 Å². The van der Waals surface area contributed by atoms with Crippen molar-refractivity contribution in [3.8, 4) is 0 Å². The number of esters is 1. The Hall–Kier alpha value is -1.30. The molecule has 6 nitrogen and oxygen atoms in total. The van der Waals surface area contributed by atoms with E-state index in [9.17, 15) is 9.59 Å². The predicted molar refractivity (Wildman–Crippen MR) is 63.5 cm³/mol. The number of ether oxygens (including phenoxy) is 2. The number of amides is 1. The topological polar surface area (TPSA) is 90.6 Å². The second kappa shape index (κ2) is 7.11. The zero-order valence-corrected chi connectivity index (χ0v) is 10.9. The highest BCUT2D eigenvalue weighted by atomic mass is 16.6. The van der Waals surface area contributed by atoms with Gasteiger partial charge in [-0.2, -0.15) is 0 Å². The van der Waals surface area contributed by atoms with Gasteiger partial charge >= 0.3 is 12.1 Å². The Balaban J connectivity index is 3.65. The van der Waals surface area contributed by atoms with Crippen LogP contribution in [0.2, 0.25) is 0 Å². The number of nitrogens with two attached hydrogens (primary N) is 1. The van der Waals surface area contributed by atoms with E-state index in [1.54, 1.807) is 20.8 Å². The summed E-state index contributed by atoms with van der Waals surface area (Å²) in [6, 6.07) is -0.638. The fourth-order valence-electron chi connectivity index (χ4n) is 1.10. The third-order valence-electron chi connectivity index (χ3n) is 1.86. The summed E-state index contributed by atoms with van der Waals surface area (Å²) in [5.74, 6) is -0.442. The van der Waals surface area contributed by atoms with Crippen molar-refractivity contribution in [2.45, 2.75) is 45.3 Å². The number of rotatable bonds is 5. The lowest BCUT2D eigenvalue weighted by Gasteiger charge is -2.19. The van der Waals surface area contributed by atoms with Gasteiger partial charge in [-0.15, -0.1) is 0 Å². The van der Waals surface area contributed by atoms with E-state index >= 15 is 0 Å². The SMILES string of the molecule is COC(=O)C(N)CCCNC(=O)OC(C)(C)C. The van der Waals surface area contributed by atoms with Crippen molar-refractivity contribution in [2.24, 2.45) is 5.73 Å². The molecule has 1 amide bonds. The Kier molecular flexibility index (Phi) is 6.57. The summed E-state index contributed by atoms with van der Waals surface area (Å²) in [6.45, 7) is 5.79. The van der Waals surface area contributed by atoms with E-state index in [-0.39, 0.29) is 0 Å². The van der Waals surface area contributed by atoms with Crippen molar-refractivity contribution >= 4 is 12.1 Å². The molecule has 0 aliphatic heterocycles. The van der Waals surface area contributed by atoms with Crippen LogP contribution in [0.4, 0.5) is 4.79 Å². The zero-order valence-electron chi connectivity index (χ0n) is 10.9. The van der Waals surface area contributed by atoms with E-state index in [4.69, 9.17) is 10.5 Å². The monoisotopic (exact) mass is 246 g/mol. The van der Waals surface area contributed by atoms with Gasteiger partial charge in [0.1, 0.15) is 11.6 Å². The lowest BCUT2D eigenvalue weighted by atomic mass is 10.2. The Morgan fingerprint density at radius 1 is 1.35 bits per heavy atom. The molecule has 0 heterocycles. The molecule has 1 unspecified atom stereocenters. The van der Waals surface area contributed by atoms with Gasteiger partial charge in [0.2, 0.25) is 0 Å². The number of hydrogen-bond donors (Lipinski definition) is 2. The van der Waals surface area contributed by atoms with Gasteiger partial charge in [-0.25, -0.2) is 4.79 Å². The molecule has 6 heteroatoms. The fraction of sp³-hybridized carbons (Fsp3) is 0.818. The van der Waals surface area contributed by atoms with Gasteiger partial charge in [0, 0.05) is 6.54 Å². The maximum atomic E-state index is 11.2. The van der Waals surface area contributed by atoms with Gasteiger partial charge in [-0.1, -0.05) is 0 Å². The molecule has 100 valence electrons. The summed E-state index contributed by atoms with van der Waals surface area (Å²) in [7, 11) is 1.29. The lowest BCUT2D eigenvalue weighted by Crippen LogP contribution is -2.35. The Morgan fingerprint density at radius 3 is 2.41 bits per heavy atom. The van der Waals surface area contributed by atoms with Crippen molar-refractivity contribution in [1.29, 1.82) is 0 Å². The van der Waals surface area contributed by atoms with Crippen molar-refractivity contribution in [1.82, 2.24) is 5.32 Å². The third-order valence-corrected chi connectivity index (χ3v) is 1.86. The maximum absolute atomic E-state index is 11.2. The van der Waals surface area contributed by atoms with Gasteiger partial charge in [0.15, 0.2) is 0 Å². The van der Waals surface area contributed by atoms with Crippen LogP contribution in [-0.4, -0.2) is 37.4 Å². The summed E-state index contributed by atoms with van der Waals surface area (Å²) in [5.41, 5.74) is 5.02. The number of carbonyl (C=O) groups is 2. The van der Waals surface area contributed by atoms with E-state index in [0.717, 1.165) is 0 Å². The minimum atomic E-state index is -0.638. The Bertz CT molecular complexity index is 261. The largest absolute Gasteiger partial charge is 0.468 e. The average molecular weight is 246 g/mol. The van der Waals surface area contributed by atoms with E-state index in [1.807, 2.05) is 0 Å². The van der Waals surface area contributed by atoms with Crippen LogP contribution in [0.1, 0.15) is 33.6 Å². The second-order valence-electron chi connectivity index (χ2n) is 4.70. The van der Waals surface area contributed by atoms with Crippen LogP contribution in [0.5, 0.6) is 0 Å². The molecule has 0 spiro atoms. The Labute approximate surface area is 102 Å². The van der Waals surface area contributed by atoms with Gasteiger partial charge < -0.3 is 20.5 Å². The van der Waals surface area contributed by atoms with E-state index < -0.39 is 23.7 Å². The molecule has 0 bridgehead atoms. The van der Waals surface area contributed by atoms with Crippen LogP contribution in [0.15, 0.2) is 0 Å². The number of carbonyl (C=O) groups excluding carboxylic acids is 2. The molecule has 0 fully saturated rings. The summed E-state index contributed by atoms with van der Waals surface area (Å²) in [4.78, 5) is 22.2. The quantitative estimate of drug-likeness (QED) is 0.553. The van der Waals surface area contributed by atoms with Crippen LogP contribution in [0.25, 0.3) is 0 Å². The number of alkyl carbamates (subject to hydrolysis) is 1. The molecule has 1 atom stereocenters. The second-order valence-corrected chi connectivity index (χ2v) is 4.70. The van der Waals surface area contributed by atoms with Crippen LogP contribution < -0.4 is 11.1 Å². The molecule has 3 N–H and O–H groups in total. The Morgan fingerprint density at radius 2 is 1.94 bits per heavy atom. The van der Waals surface area contributed by atoms with Crippen molar-refractivity contribution in [3.63, 3.8) is 0 Å². The maximum Gasteiger partial charge on any atom is 0.407 e. The van der Waals surface area contributed by atoms with Crippen molar-refractivity contribution < 1.29 is 19.1 Å². The first-order valence-corrected chi connectivity index (χ1v) is 5.56. The summed E-state index contributed by atoms with van der Waals surface area (Å²) < 4.78 is 9.52. The minimum Gasteiger partial charge on any atom is -0.468 e. The minimum absolute atomic E-state index is 0.416. The molecule has 0 radical (unpaired) electrons. The summed E-state index contributed by atoms with van der Waals surface area (Å²) in [5, 5.41) is 2.58. The predicted octanol–water partition coefficient (Wildman–Crippen LogP) is 0.792. The third kappa shape index (κ3) is 8.50. The summed E-state index contributed by atoms with van der Waals surface area (Å²) >= 11 is 0. The first kappa shape index (κ1) is 15.7. The molecule has 0 rings (SSSR count). The molecule has 0 saturated heterocycles. The highest BCUT2D eigenvalue weighted by molar-refractivity contribution is 5.75. The molecule has 0 aromatic carbocycles. The van der Waals surface area contributed by atoms with Crippen LogP contribution in [0, 0.1) is 0 Å². The average Bonchev–Trinajstić information content (AvgIpc) is 2.20. The summed E-state index contributed by atoms with van der Waals surface area (Å²) in [6.07, 6.45) is 0.585. The molecule has 0 aliphatic carbocycles. The highest BCUT2D eigenvalue weighted by Gasteiger charge is 2.16. The molecule has 0 aliphatic rings. The molecule has 0 aromatic rings. The number of hydrogen-bond acceptors (Lipinski definition) is 5. The number of methoxy groups -OCH3 is 1. The van der Waals surface area contributed by atoms with Gasteiger partial charge in [0.05, 0.1) is 7.11 Å². The number of nitrogens with one attached hydrogen (secondary N) is 1. The van der Waals surface area contributed by atoms with E-state index in [1.165, 1.54) is 7.11 Å². The van der Waals surface area contributed by atoms with Gasteiger partial charge in [0.25, 0.3) is 0 Å². The highest BCUT2D eigenvalue weighted by Crippen LogP contribution is 2.06. The fourth-order valence-corrected chi connectivity index (χ4v) is 1.10. The zero-order chi connectivity index (χ0) is 13.5. The molecular formula is C11H22N2O4. The van der Waals surface area contributed by atoms with Crippen LogP contribution in [-0.2, 0) is 14.3 Å². The standard InChI is InChI=1S/C11H22N2O4/c1-11(2,3)17-10(15)13-7-5-6-8(12)9(14)16-4/h8H,5-7,12H2,1-4H3,(H,13,15). The molecule has 0 aromatic heterocycles. The van der Waals surface area contributed by atoms with Gasteiger partial charge in [-0.3, -0.25) is 4.79 Å². The van der Waals surface area contributed by atoms with Gasteiger partial charge in [-0.05, 0) is 33.6 Å². The molecular weight excluding hydrogens is 224 g/mol. The molecule has 0 saturated carbocycles. The van der Waals surface area contributed by atoms with Crippen molar-refractivity contribution in [3.05, 3.63) is 0 Å². The first-order chi connectivity index (χ1) is 7.76. The molecule has 17 heavy (non-hydrogen) atoms. The lowest BCUT2D eigenvalue weighted by molar-refractivity contribution is -0.142. The van der Waals surface area contributed by atoms with Crippen LogP contribution in [0.3, 0.4) is 0 Å². The van der Waals surface area contributed by atoms with E-state index in [2.05, 4.69) is 10.1 Å². The van der Waals surface area contributed by atoms with Crippen molar-refractivity contribution in [2.75, 3.05) is 13.7 Å². The first-order valence-electron chi connectivity index (χ1n) is 5.56. The normalized spacial score (nSPS) is 12.8.